The highest BCUT2D eigenvalue weighted by Crippen LogP contribution is 2.44. The van der Waals surface area contributed by atoms with Crippen LogP contribution in [-0.2, 0) is 9.53 Å². The van der Waals surface area contributed by atoms with Crippen LogP contribution < -0.4 is 10.6 Å². The number of aliphatic carboxylic acids is 1. The summed E-state index contributed by atoms with van der Waals surface area (Å²) in [6.45, 7) is 1.95. The lowest BCUT2D eigenvalue weighted by Crippen LogP contribution is -2.32. The number of carbonyl (C=O) groups excluding carboxylic acids is 2. The third-order valence-electron chi connectivity index (χ3n) is 6.16. The molecule has 0 saturated heterocycles. The molecule has 1 aliphatic carbocycles. The number of hydrogen-bond donors (Lipinski definition) is 3. The van der Waals surface area contributed by atoms with E-state index in [0.717, 1.165) is 22.3 Å². The molecule has 0 aliphatic heterocycles. The molecule has 1 unspecified atom stereocenters. The molecule has 0 radical (unpaired) electrons. The Morgan fingerprint density at radius 1 is 1.00 bits per heavy atom. The van der Waals surface area contributed by atoms with Crippen molar-refractivity contribution in [2.24, 2.45) is 5.92 Å². The lowest BCUT2D eigenvalue weighted by atomic mass is 9.98. The molecule has 3 aromatic carbocycles. The van der Waals surface area contributed by atoms with Gasteiger partial charge in [0.15, 0.2) is 0 Å². The van der Waals surface area contributed by atoms with Gasteiger partial charge in [0, 0.05) is 22.5 Å². The van der Waals surface area contributed by atoms with E-state index in [2.05, 4.69) is 38.7 Å². The van der Waals surface area contributed by atoms with Crippen LogP contribution in [-0.4, -0.2) is 36.2 Å². The molecule has 1 aliphatic rings. The van der Waals surface area contributed by atoms with Crippen LogP contribution in [0.5, 0.6) is 0 Å². The number of rotatable bonds is 8. The van der Waals surface area contributed by atoms with Crippen molar-refractivity contribution in [3.63, 3.8) is 0 Å². The summed E-state index contributed by atoms with van der Waals surface area (Å²) in [5, 5.41) is 14.5. The number of halogens is 1. The second kappa shape index (κ2) is 10.7. The minimum atomic E-state index is -0.957. The van der Waals surface area contributed by atoms with Gasteiger partial charge in [-0.25, -0.2) is 4.79 Å². The zero-order valence-electron chi connectivity index (χ0n) is 19.1. The highest BCUT2D eigenvalue weighted by molar-refractivity contribution is 9.10. The Hall–Kier alpha value is -3.65. The van der Waals surface area contributed by atoms with Crippen LogP contribution in [0.2, 0.25) is 0 Å². The van der Waals surface area contributed by atoms with E-state index in [1.165, 1.54) is 6.07 Å². The van der Waals surface area contributed by atoms with Gasteiger partial charge in [-0.2, -0.15) is 0 Å². The van der Waals surface area contributed by atoms with E-state index in [9.17, 15) is 14.4 Å². The molecule has 0 fully saturated rings. The van der Waals surface area contributed by atoms with Crippen molar-refractivity contribution in [1.29, 1.82) is 0 Å². The molecule has 0 bridgehead atoms. The van der Waals surface area contributed by atoms with E-state index in [1.807, 2.05) is 36.4 Å². The summed E-state index contributed by atoms with van der Waals surface area (Å²) in [4.78, 5) is 36.3. The van der Waals surface area contributed by atoms with E-state index < -0.39 is 23.9 Å². The summed E-state index contributed by atoms with van der Waals surface area (Å²) in [5.41, 5.74) is 5.20. The van der Waals surface area contributed by atoms with E-state index in [0.29, 0.717) is 22.1 Å². The molecule has 0 spiro atoms. The number of anilines is 1. The highest BCUT2D eigenvalue weighted by atomic mass is 79.9. The maximum atomic E-state index is 12.6. The first-order valence-electron chi connectivity index (χ1n) is 11.3. The average Bonchev–Trinajstić information content (AvgIpc) is 3.18. The number of carbonyl (C=O) groups is 3. The molecule has 8 heteroatoms. The van der Waals surface area contributed by atoms with Crippen LogP contribution in [0.4, 0.5) is 10.5 Å². The summed E-state index contributed by atoms with van der Waals surface area (Å²) in [7, 11) is 0. The third kappa shape index (κ3) is 5.38. The number of hydrogen-bond acceptors (Lipinski definition) is 4. The number of benzene rings is 3. The van der Waals surface area contributed by atoms with Crippen molar-refractivity contribution in [3.05, 3.63) is 87.9 Å². The molecule has 7 nitrogen and oxygen atoms in total. The Balaban J connectivity index is 1.41. The summed E-state index contributed by atoms with van der Waals surface area (Å²) < 4.78 is 6.17. The largest absolute Gasteiger partial charge is 0.481 e. The standard InChI is InChI=1S/C27H25BrN2O5/c1-2-16(26(32)33)14-29-25(31)17-11-12-23(28)24(13-17)30-27(34)35-15-22-20-9-5-3-7-18(20)19-8-4-6-10-21(19)22/h3-13,16,22H,2,14-15H2,1H3,(H,29,31)(H,30,34)(H,32,33). The SMILES string of the molecule is CCC(CNC(=O)c1ccc(Br)c(NC(=O)OCC2c3ccccc3-c3ccccc32)c1)C(=O)O. The summed E-state index contributed by atoms with van der Waals surface area (Å²) in [5.74, 6) is -2.10. The first-order chi connectivity index (χ1) is 16.9. The zero-order chi connectivity index (χ0) is 24.9. The van der Waals surface area contributed by atoms with Crippen molar-refractivity contribution in [1.82, 2.24) is 5.32 Å². The van der Waals surface area contributed by atoms with Crippen molar-refractivity contribution < 1.29 is 24.2 Å². The average molecular weight is 537 g/mol. The number of carboxylic acid groups (broad SMARTS) is 1. The maximum absolute atomic E-state index is 12.6. The smallest absolute Gasteiger partial charge is 0.411 e. The van der Waals surface area contributed by atoms with Gasteiger partial charge in [0.05, 0.1) is 11.6 Å². The van der Waals surface area contributed by atoms with Gasteiger partial charge >= 0.3 is 12.1 Å². The zero-order valence-corrected chi connectivity index (χ0v) is 20.7. The van der Waals surface area contributed by atoms with Crippen molar-refractivity contribution in [3.8, 4) is 11.1 Å². The van der Waals surface area contributed by atoms with Gasteiger partial charge in [-0.1, -0.05) is 55.5 Å². The van der Waals surface area contributed by atoms with Gasteiger partial charge in [-0.15, -0.1) is 0 Å². The molecule has 180 valence electrons. The number of carboxylic acids is 1. The van der Waals surface area contributed by atoms with Crippen molar-refractivity contribution in [2.75, 3.05) is 18.5 Å². The fraction of sp³-hybridized carbons (Fsp3) is 0.222. The fourth-order valence-corrected chi connectivity index (χ4v) is 4.58. The van der Waals surface area contributed by atoms with Gasteiger partial charge in [0.2, 0.25) is 0 Å². The van der Waals surface area contributed by atoms with Crippen LogP contribution in [0.25, 0.3) is 11.1 Å². The quantitative estimate of drug-likeness (QED) is 0.345. The van der Waals surface area contributed by atoms with Crippen LogP contribution in [0.1, 0.15) is 40.7 Å². The van der Waals surface area contributed by atoms with Gasteiger partial charge in [-0.05, 0) is 62.8 Å². The maximum Gasteiger partial charge on any atom is 0.411 e. The lowest BCUT2D eigenvalue weighted by Gasteiger charge is -2.15. The summed E-state index contributed by atoms with van der Waals surface area (Å²) in [6, 6.07) is 20.9. The minimum absolute atomic E-state index is 0.0237. The number of nitrogens with one attached hydrogen (secondary N) is 2. The van der Waals surface area contributed by atoms with Crippen molar-refractivity contribution in [2.45, 2.75) is 19.3 Å². The first kappa shape index (κ1) is 24.5. The van der Waals surface area contributed by atoms with Gasteiger partial charge < -0.3 is 15.2 Å². The van der Waals surface area contributed by atoms with Crippen LogP contribution in [0, 0.1) is 5.92 Å². The first-order valence-corrected chi connectivity index (χ1v) is 12.1. The molecular weight excluding hydrogens is 512 g/mol. The second-order valence-corrected chi connectivity index (χ2v) is 9.15. The molecule has 1 atom stereocenters. The molecule has 4 rings (SSSR count). The summed E-state index contributed by atoms with van der Waals surface area (Å²) >= 11 is 3.38. The molecule has 2 amide bonds. The molecule has 3 aromatic rings. The van der Waals surface area contributed by atoms with Gasteiger partial charge in [0.25, 0.3) is 5.91 Å². The Kier molecular flexibility index (Phi) is 7.51. The lowest BCUT2D eigenvalue weighted by molar-refractivity contribution is -0.141. The molecular formula is C27H25BrN2O5. The van der Waals surface area contributed by atoms with E-state index >= 15 is 0 Å². The topological polar surface area (TPSA) is 105 Å². The molecule has 0 aromatic heterocycles. The molecule has 3 N–H and O–H groups in total. The Morgan fingerprint density at radius 2 is 1.63 bits per heavy atom. The van der Waals surface area contributed by atoms with Crippen LogP contribution in [0.3, 0.4) is 0 Å². The second-order valence-electron chi connectivity index (χ2n) is 8.30. The molecule has 0 heterocycles. The fourth-order valence-electron chi connectivity index (χ4n) is 4.23. The van der Waals surface area contributed by atoms with Crippen molar-refractivity contribution >= 4 is 39.6 Å². The predicted molar refractivity (Wildman–Crippen MR) is 137 cm³/mol. The molecule has 35 heavy (non-hydrogen) atoms. The van der Waals surface area contributed by atoms with E-state index in [4.69, 9.17) is 9.84 Å². The number of fused-ring (bicyclic) bond motifs is 3. The number of amides is 2. The van der Waals surface area contributed by atoms with Gasteiger partial charge in [-0.3, -0.25) is 14.9 Å². The number of ether oxygens (including phenoxy) is 1. The Bertz CT molecular complexity index is 1230. The highest BCUT2D eigenvalue weighted by Gasteiger charge is 2.29. The normalized spacial score (nSPS) is 12.9. The minimum Gasteiger partial charge on any atom is -0.481 e. The Morgan fingerprint density at radius 3 is 2.23 bits per heavy atom. The molecule has 0 saturated carbocycles. The van der Waals surface area contributed by atoms with Gasteiger partial charge in [0.1, 0.15) is 6.61 Å². The van der Waals surface area contributed by atoms with E-state index in [1.54, 1.807) is 19.1 Å². The monoisotopic (exact) mass is 536 g/mol. The predicted octanol–water partition coefficient (Wildman–Crippen LogP) is 5.65. The van der Waals surface area contributed by atoms with Crippen LogP contribution in [0.15, 0.2) is 71.2 Å². The Labute approximate surface area is 211 Å². The van der Waals surface area contributed by atoms with E-state index in [-0.39, 0.29) is 19.1 Å². The van der Waals surface area contributed by atoms with Crippen LogP contribution >= 0.6 is 15.9 Å². The third-order valence-corrected chi connectivity index (χ3v) is 6.85. The summed E-state index contributed by atoms with van der Waals surface area (Å²) in [6.07, 6.45) is -0.230.